The Morgan fingerprint density at radius 1 is 1.26 bits per heavy atom. The van der Waals surface area contributed by atoms with E-state index in [1.54, 1.807) is 7.11 Å². The molecule has 1 amide bonds. The second-order valence-corrected chi connectivity index (χ2v) is 7.68. The number of methoxy groups -OCH3 is 1. The van der Waals surface area contributed by atoms with Crippen LogP contribution in [0.4, 0.5) is 4.79 Å². The number of hydrogen-bond donors (Lipinski definition) is 1. The maximum Gasteiger partial charge on any atom is 0.407 e. The molecular formula is C19H27NO3. The Bertz CT molecular complexity index is 591. The largest absolute Gasteiger partial charge is 0.497 e. The predicted octanol–water partition coefficient (Wildman–Crippen LogP) is 4.20. The molecule has 1 fully saturated rings. The van der Waals surface area contributed by atoms with Crippen molar-refractivity contribution in [3.63, 3.8) is 0 Å². The van der Waals surface area contributed by atoms with Gasteiger partial charge in [-0.15, -0.1) is 0 Å². The Balaban J connectivity index is 1.52. The van der Waals surface area contributed by atoms with Crippen molar-refractivity contribution in [1.29, 1.82) is 0 Å². The molecular weight excluding hydrogens is 290 g/mol. The van der Waals surface area contributed by atoms with E-state index in [1.165, 1.54) is 24.0 Å². The van der Waals surface area contributed by atoms with Gasteiger partial charge in [-0.2, -0.15) is 0 Å². The van der Waals surface area contributed by atoms with Crippen LogP contribution in [0, 0.1) is 5.92 Å². The van der Waals surface area contributed by atoms with Crippen molar-refractivity contribution in [2.75, 3.05) is 13.7 Å². The Hall–Kier alpha value is -1.71. The van der Waals surface area contributed by atoms with Gasteiger partial charge >= 0.3 is 6.09 Å². The van der Waals surface area contributed by atoms with Crippen molar-refractivity contribution in [3.8, 4) is 5.75 Å². The molecule has 0 unspecified atom stereocenters. The van der Waals surface area contributed by atoms with E-state index in [-0.39, 0.29) is 6.09 Å². The second kappa shape index (κ2) is 6.06. The second-order valence-electron chi connectivity index (χ2n) is 7.68. The number of nitrogens with one attached hydrogen (secondary N) is 1. The molecule has 2 aliphatic rings. The fourth-order valence-corrected chi connectivity index (χ4v) is 4.11. The lowest BCUT2D eigenvalue weighted by molar-refractivity contribution is 0.0524. The zero-order valence-corrected chi connectivity index (χ0v) is 14.5. The molecule has 1 saturated carbocycles. The third-order valence-electron chi connectivity index (χ3n) is 5.03. The molecule has 0 spiro atoms. The normalized spacial score (nSPS) is 25.1. The number of carbonyl (C=O) groups excluding carboxylic acids is 1. The summed E-state index contributed by atoms with van der Waals surface area (Å²) >= 11 is 0. The summed E-state index contributed by atoms with van der Waals surface area (Å²) in [4.78, 5) is 11.7. The molecule has 23 heavy (non-hydrogen) atoms. The van der Waals surface area contributed by atoms with Crippen molar-refractivity contribution in [1.82, 2.24) is 5.32 Å². The molecule has 0 aromatic heterocycles. The lowest BCUT2D eigenvalue weighted by atomic mass is 9.66. The first-order valence-corrected chi connectivity index (χ1v) is 8.54. The van der Waals surface area contributed by atoms with Crippen LogP contribution in [0.5, 0.6) is 5.75 Å². The predicted molar refractivity (Wildman–Crippen MR) is 90.1 cm³/mol. The van der Waals surface area contributed by atoms with E-state index in [2.05, 4.69) is 23.5 Å². The van der Waals surface area contributed by atoms with Gasteiger partial charge in [0, 0.05) is 6.54 Å². The summed E-state index contributed by atoms with van der Waals surface area (Å²) in [6.45, 7) is 6.34. The number of ether oxygens (including phenoxy) is 2. The summed E-state index contributed by atoms with van der Waals surface area (Å²) in [6.07, 6.45) is 3.20. The highest BCUT2D eigenvalue weighted by molar-refractivity contribution is 5.67. The van der Waals surface area contributed by atoms with E-state index in [1.807, 2.05) is 20.8 Å². The Morgan fingerprint density at radius 3 is 2.74 bits per heavy atom. The van der Waals surface area contributed by atoms with Gasteiger partial charge in [-0.25, -0.2) is 4.79 Å². The van der Waals surface area contributed by atoms with Gasteiger partial charge in [-0.3, -0.25) is 0 Å². The van der Waals surface area contributed by atoms with Gasteiger partial charge in [0.1, 0.15) is 11.4 Å². The van der Waals surface area contributed by atoms with Gasteiger partial charge in [0.25, 0.3) is 0 Å². The third-order valence-corrected chi connectivity index (χ3v) is 5.03. The van der Waals surface area contributed by atoms with Crippen molar-refractivity contribution < 1.29 is 14.3 Å². The first kappa shape index (κ1) is 16.2. The van der Waals surface area contributed by atoms with Gasteiger partial charge in [0.2, 0.25) is 0 Å². The molecule has 0 aliphatic heterocycles. The maximum absolute atomic E-state index is 11.7. The molecule has 0 bridgehead atoms. The van der Waals surface area contributed by atoms with Crippen molar-refractivity contribution in [2.24, 2.45) is 5.92 Å². The van der Waals surface area contributed by atoms with Gasteiger partial charge in [0.15, 0.2) is 0 Å². The third kappa shape index (κ3) is 3.31. The van der Waals surface area contributed by atoms with Gasteiger partial charge < -0.3 is 14.8 Å². The number of carbonyl (C=O) groups is 1. The van der Waals surface area contributed by atoms with Crippen molar-refractivity contribution in [2.45, 2.75) is 57.5 Å². The van der Waals surface area contributed by atoms with Crippen molar-refractivity contribution >= 4 is 6.09 Å². The molecule has 1 N–H and O–H groups in total. The van der Waals surface area contributed by atoms with E-state index >= 15 is 0 Å². The molecule has 0 heterocycles. The molecule has 1 aromatic rings. The number of hydrogen-bond acceptors (Lipinski definition) is 3. The number of amides is 1. The zero-order chi connectivity index (χ0) is 16.6. The average molecular weight is 317 g/mol. The molecule has 1 aromatic carbocycles. The molecule has 126 valence electrons. The number of benzene rings is 1. The van der Waals surface area contributed by atoms with Gasteiger partial charge in [-0.1, -0.05) is 6.07 Å². The SMILES string of the molecule is COc1ccc2c(c1)[C@@H]1CC[C@H](CCNC(=O)OC(C)(C)C)[C@H]21. The Kier molecular flexibility index (Phi) is 4.26. The lowest BCUT2D eigenvalue weighted by Gasteiger charge is -2.38. The highest BCUT2D eigenvalue weighted by Crippen LogP contribution is 2.60. The summed E-state index contributed by atoms with van der Waals surface area (Å²) in [5.41, 5.74) is 2.52. The van der Waals surface area contributed by atoms with E-state index in [9.17, 15) is 4.79 Å². The first-order chi connectivity index (χ1) is 10.9. The van der Waals surface area contributed by atoms with E-state index in [0.29, 0.717) is 24.3 Å². The zero-order valence-electron chi connectivity index (χ0n) is 14.5. The summed E-state index contributed by atoms with van der Waals surface area (Å²) < 4.78 is 10.6. The highest BCUT2D eigenvalue weighted by atomic mass is 16.6. The highest BCUT2D eigenvalue weighted by Gasteiger charge is 2.46. The Labute approximate surface area is 138 Å². The fourth-order valence-electron chi connectivity index (χ4n) is 4.11. The first-order valence-electron chi connectivity index (χ1n) is 8.54. The molecule has 4 heteroatoms. The molecule has 0 saturated heterocycles. The quantitative estimate of drug-likeness (QED) is 0.905. The summed E-state index contributed by atoms with van der Waals surface area (Å²) in [5.74, 6) is 2.97. The van der Waals surface area contributed by atoms with Gasteiger partial charge in [-0.05, 0) is 81.0 Å². The minimum absolute atomic E-state index is 0.314. The van der Waals surface area contributed by atoms with Crippen LogP contribution >= 0.6 is 0 Å². The number of rotatable bonds is 4. The van der Waals surface area contributed by atoms with E-state index in [4.69, 9.17) is 9.47 Å². The molecule has 3 rings (SSSR count). The van der Waals surface area contributed by atoms with Crippen LogP contribution in [0.15, 0.2) is 18.2 Å². The molecule has 0 radical (unpaired) electrons. The van der Waals surface area contributed by atoms with Crippen LogP contribution < -0.4 is 10.1 Å². The molecule has 4 nitrogen and oxygen atoms in total. The Morgan fingerprint density at radius 2 is 2.04 bits per heavy atom. The number of alkyl carbamates (subject to hydrolysis) is 1. The van der Waals surface area contributed by atoms with Gasteiger partial charge in [0.05, 0.1) is 7.11 Å². The van der Waals surface area contributed by atoms with E-state index < -0.39 is 5.60 Å². The standard InChI is InChI=1S/C19H27NO3/c1-19(2,3)23-18(21)20-10-9-12-5-7-14-16-11-13(22-4)6-8-15(16)17(12)14/h6,8,11-12,14,17H,5,7,9-10H2,1-4H3,(H,20,21)/t12-,14+,17+/m1/s1. The van der Waals surface area contributed by atoms with Crippen LogP contribution in [-0.4, -0.2) is 25.3 Å². The minimum atomic E-state index is -0.436. The van der Waals surface area contributed by atoms with E-state index in [0.717, 1.165) is 12.2 Å². The van der Waals surface area contributed by atoms with Crippen LogP contribution in [-0.2, 0) is 4.74 Å². The monoisotopic (exact) mass is 317 g/mol. The van der Waals surface area contributed by atoms with Crippen LogP contribution in [0.25, 0.3) is 0 Å². The summed E-state index contributed by atoms with van der Waals surface area (Å²) in [6, 6.07) is 6.47. The minimum Gasteiger partial charge on any atom is -0.497 e. The molecule has 2 aliphatic carbocycles. The van der Waals surface area contributed by atoms with Crippen molar-refractivity contribution in [3.05, 3.63) is 29.3 Å². The number of fused-ring (bicyclic) bond motifs is 4. The average Bonchev–Trinajstić information content (AvgIpc) is 2.81. The smallest absolute Gasteiger partial charge is 0.407 e. The fraction of sp³-hybridized carbons (Fsp3) is 0.632. The van der Waals surface area contributed by atoms with Crippen LogP contribution in [0.3, 0.4) is 0 Å². The summed E-state index contributed by atoms with van der Waals surface area (Å²) in [7, 11) is 1.72. The van der Waals surface area contributed by atoms with Crippen LogP contribution in [0.1, 0.15) is 63.0 Å². The molecule has 3 atom stereocenters. The summed E-state index contributed by atoms with van der Waals surface area (Å²) in [5, 5.41) is 2.89. The van der Waals surface area contributed by atoms with Crippen LogP contribution in [0.2, 0.25) is 0 Å². The lowest BCUT2D eigenvalue weighted by Crippen LogP contribution is -2.34. The maximum atomic E-state index is 11.7. The topological polar surface area (TPSA) is 47.6 Å².